The topological polar surface area (TPSA) is 81.9 Å². The third kappa shape index (κ3) is 6.89. The summed E-state index contributed by atoms with van der Waals surface area (Å²) < 4.78 is 11.5. The molecule has 0 aromatic heterocycles. The van der Waals surface area contributed by atoms with E-state index in [-0.39, 0.29) is 18.9 Å². The Morgan fingerprint density at radius 3 is 2.10 bits per heavy atom. The van der Waals surface area contributed by atoms with E-state index in [4.69, 9.17) is 15.2 Å². The highest BCUT2D eigenvalue weighted by Crippen LogP contribution is 2.21. The highest BCUT2D eigenvalue weighted by molar-refractivity contribution is 5.97. The number of ether oxygens (including phenoxy) is 2. The van der Waals surface area contributed by atoms with E-state index in [1.54, 1.807) is 23.1 Å². The van der Waals surface area contributed by atoms with Crippen molar-refractivity contribution < 1.29 is 19.1 Å². The Morgan fingerprint density at radius 2 is 1.39 bits per heavy atom. The summed E-state index contributed by atoms with van der Waals surface area (Å²) in [5, 5.41) is 0. The number of primary amides is 1. The molecule has 31 heavy (non-hydrogen) atoms. The van der Waals surface area contributed by atoms with E-state index in [1.165, 1.54) is 0 Å². The second kappa shape index (κ2) is 11.4. The van der Waals surface area contributed by atoms with Crippen LogP contribution < -0.4 is 15.2 Å². The zero-order chi connectivity index (χ0) is 21.9. The van der Waals surface area contributed by atoms with Crippen molar-refractivity contribution in [2.24, 2.45) is 5.73 Å². The van der Waals surface area contributed by atoms with Gasteiger partial charge in [-0.05, 0) is 29.8 Å². The molecule has 3 aromatic carbocycles. The van der Waals surface area contributed by atoms with Crippen LogP contribution in [0.1, 0.15) is 22.3 Å². The Balaban J connectivity index is 1.68. The van der Waals surface area contributed by atoms with Crippen LogP contribution in [0.15, 0.2) is 84.9 Å². The number of rotatable bonds is 11. The van der Waals surface area contributed by atoms with Crippen LogP contribution in [0.2, 0.25) is 0 Å². The number of carbonyl (C=O) groups is 2. The van der Waals surface area contributed by atoms with Crippen LogP contribution in [0.3, 0.4) is 0 Å². The van der Waals surface area contributed by atoms with Crippen molar-refractivity contribution in [3.63, 3.8) is 0 Å². The summed E-state index contributed by atoms with van der Waals surface area (Å²) >= 11 is 0. The first kappa shape index (κ1) is 21.9. The molecule has 0 heterocycles. The first-order chi connectivity index (χ1) is 15.1. The molecule has 2 amide bonds. The molecule has 0 unspecified atom stereocenters. The first-order valence-corrected chi connectivity index (χ1v) is 10.1. The largest absolute Gasteiger partial charge is 0.490 e. The van der Waals surface area contributed by atoms with E-state index in [9.17, 15) is 9.59 Å². The Hall–Kier alpha value is -3.80. The number of hydrogen-bond acceptors (Lipinski definition) is 4. The summed E-state index contributed by atoms with van der Waals surface area (Å²) in [5.74, 6) is 0.565. The number of para-hydroxylation sites is 2. The van der Waals surface area contributed by atoms with Gasteiger partial charge in [0.2, 0.25) is 5.91 Å². The van der Waals surface area contributed by atoms with Crippen LogP contribution in [-0.2, 0) is 11.3 Å². The van der Waals surface area contributed by atoms with Crippen LogP contribution in [0.25, 0.3) is 0 Å². The normalized spacial score (nSPS) is 10.3. The van der Waals surface area contributed by atoms with Gasteiger partial charge in [-0.2, -0.15) is 0 Å². The summed E-state index contributed by atoms with van der Waals surface area (Å²) in [6.07, 6.45) is 0.0898. The molecular weight excluding hydrogens is 392 g/mol. The second-order valence-corrected chi connectivity index (χ2v) is 6.93. The molecule has 160 valence electrons. The summed E-state index contributed by atoms with van der Waals surface area (Å²) in [5.41, 5.74) is 6.72. The molecule has 0 radical (unpaired) electrons. The molecule has 6 nitrogen and oxygen atoms in total. The lowest BCUT2D eigenvalue weighted by Gasteiger charge is -2.23. The molecule has 3 rings (SSSR count). The molecular formula is C25H26N2O4. The smallest absolute Gasteiger partial charge is 0.257 e. The molecule has 6 heteroatoms. The Labute approximate surface area is 182 Å². The van der Waals surface area contributed by atoms with Crippen molar-refractivity contribution >= 4 is 11.8 Å². The number of nitrogens with zero attached hydrogens (tertiary/aromatic N) is 1. The zero-order valence-corrected chi connectivity index (χ0v) is 17.3. The van der Waals surface area contributed by atoms with E-state index in [0.29, 0.717) is 31.1 Å². The van der Waals surface area contributed by atoms with E-state index in [1.807, 2.05) is 66.7 Å². The summed E-state index contributed by atoms with van der Waals surface area (Å²) in [6.45, 7) is 1.24. The minimum absolute atomic E-state index is 0.0898. The van der Waals surface area contributed by atoms with E-state index in [0.717, 1.165) is 11.3 Å². The molecule has 0 aliphatic rings. The van der Waals surface area contributed by atoms with Gasteiger partial charge in [-0.15, -0.1) is 0 Å². The van der Waals surface area contributed by atoms with Gasteiger partial charge < -0.3 is 20.1 Å². The second-order valence-electron chi connectivity index (χ2n) is 6.93. The number of carbonyl (C=O) groups excluding carboxylic acids is 2. The number of amides is 2. The fourth-order valence-electron chi connectivity index (χ4n) is 3.07. The van der Waals surface area contributed by atoms with Gasteiger partial charge in [-0.3, -0.25) is 9.59 Å². The molecule has 0 aliphatic heterocycles. The predicted octanol–water partition coefficient (Wildman–Crippen LogP) is 3.66. The highest BCUT2D eigenvalue weighted by Gasteiger charge is 2.20. The van der Waals surface area contributed by atoms with Crippen molar-refractivity contribution in [1.29, 1.82) is 0 Å². The van der Waals surface area contributed by atoms with Crippen molar-refractivity contribution in [2.45, 2.75) is 13.0 Å². The third-order valence-electron chi connectivity index (χ3n) is 4.60. The minimum Gasteiger partial charge on any atom is -0.490 e. The first-order valence-electron chi connectivity index (χ1n) is 10.1. The van der Waals surface area contributed by atoms with Crippen LogP contribution in [-0.4, -0.2) is 36.5 Å². The average molecular weight is 418 g/mol. The van der Waals surface area contributed by atoms with Crippen molar-refractivity contribution in [2.75, 3.05) is 19.8 Å². The highest BCUT2D eigenvalue weighted by atomic mass is 16.5. The fourth-order valence-corrected chi connectivity index (χ4v) is 3.07. The van der Waals surface area contributed by atoms with E-state index in [2.05, 4.69) is 0 Å². The van der Waals surface area contributed by atoms with Gasteiger partial charge in [-0.1, -0.05) is 60.7 Å². The number of nitrogens with two attached hydrogens (primary N) is 1. The van der Waals surface area contributed by atoms with Gasteiger partial charge in [0.1, 0.15) is 24.7 Å². The van der Waals surface area contributed by atoms with Crippen molar-refractivity contribution in [3.8, 4) is 11.5 Å². The fraction of sp³-hybridized carbons (Fsp3) is 0.200. The van der Waals surface area contributed by atoms with Gasteiger partial charge >= 0.3 is 0 Å². The lowest BCUT2D eigenvalue weighted by Crippen LogP contribution is -2.34. The Kier molecular flexibility index (Phi) is 8.05. The molecule has 2 N–H and O–H groups in total. The van der Waals surface area contributed by atoms with E-state index >= 15 is 0 Å². The SMILES string of the molecule is NC(=O)CCN(Cc1ccccc1)C(=O)c1ccccc1OCCOc1ccccc1. The maximum absolute atomic E-state index is 13.3. The van der Waals surface area contributed by atoms with Crippen LogP contribution >= 0.6 is 0 Å². The molecule has 0 bridgehead atoms. The predicted molar refractivity (Wildman–Crippen MR) is 119 cm³/mol. The van der Waals surface area contributed by atoms with E-state index < -0.39 is 5.91 Å². The Morgan fingerprint density at radius 1 is 0.774 bits per heavy atom. The molecule has 0 saturated carbocycles. The van der Waals surface area contributed by atoms with Crippen LogP contribution in [0.5, 0.6) is 11.5 Å². The average Bonchev–Trinajstić information content (AvgIpc) is 2.80. The van der Waals surface area contributed by atoms with Crippen molar-refractivity contribution in [1.82, 2.24) is 4.90 Å². The minimum atomic E-state index is -0.451. The quantitative estimate of drug-likeness (QED) is 0.482. The van der Waals surface area contributed by atoms with Crippen LogP contribution in [0, 0.1) is 0 Å². The summed E-state index contributed by atoms with van der Waals surface area (Å²) in [4.78, 5) is 26.2. The third-order valence-corrected chi connectivity index (χ3v) is 4.60. The molecule has 0 saturated heterocycles. The summed E-state index contributed by atoms with van der Waals surface area (Å²) in [7, 11) is 0. The Bertz CT molecular complexity index is 977. The molecule has 0 aliphatic carbocycles. The van der Waals surface area contributed by atoms with Crippen molar-refractivity contribution in [3.05, 3.63) is 96.1 Å². The summed E-state index contributed by atoms with van der Waals surface area (Å²) in [6, 6.07) is 26.2. The lowest BCUT2D eigenvalue weighted by molar-refractivity contribution is -0.118. The molecule has 0 atom stereocenters. The molecule has 0 fully saturated rings. The maximum atomic E-state index is 13.3. The molecule has 0 spiro atoms. The van der Waals surface area contributed by atoms with Gasteiger partial charge in [0.05, 0.1) is 5.56 Å². The standard InChI is InChI=1S/C25H26N2O4/c26-24(28)15-16-27(19-20-9-3-1-4-10-20)25(29)22-13-7-8-14-23(22)31-18-17-30-21-11-5-2-6-12-21/h1-14H,15-19H2,(H2,26,28). The van der Waals surface area contributed by atoms with Gasteiger partial charge in [0.25, 0.3) is 5.91 Å². The monoisotopic (exact) mass is 418 g/mol. The van der Waals surface area contributed by atoms with Crippen LogP contribution in [0.4, 0.5) is 0 Å². The molecule has 3 aromatic rings. The van der Waals surface area contributed by atoms with Gasteiger partial charge in [-0.25, -0.2) is 0 Å². The zero-order valence-electron chi connectivity index (χ0n) is 17.3. The lowest BCUT2D eigenvalue weighted by atomic mass is 10.1. The number of benzene rings is 3. The van der Waals surface area contributed by atoms with Gasteiger partial charge in [0, 0.05) is 19.5 Å². The van der Waals surface area contributed by atoms with Gasteiger partial charge in [0.15, 0.2) is 0 Å². The maximum Gasteiger partial charge on any atom is 0.257 e. The number of hydrogen-bond donors (Lipinski definition) is 1.